The number of rotatable bonds is 5. The van der Waals surface area contributed by atoms with Gasteiger partial charge in [-0.1, -0.05) is 11.6 Å². The summed E-state index contributed by atoms with van der Waals surface area (Å²) in [6.07, 6.45) is -0.411. The molecule has 1 heterocycles. The fourth-order valence-corrected chi connectivity index (χ4v) is 2.15. The summed E-state index contributed by atoms with van der Waals surface area (Å²) >= 11 is 5.95. The van der Waals surface area contributed by atoms with Crippen LogP contribution in [0.25, 0.3) is 11.0 Å². The van der Waals surface area contributed by atoms with Gasteiger partial charge in [-0.25, -0.2) is 0 Å². The highest BCUT2D eigenvalue weighted by Crippen LogP contribution is 2.28. The molecule has 0 fully saturated rings. The van der Waals surface area contributed by atoms with Crippen molar-refractivity contribution in [1.29, 1.82) is 0 Å². The van der Waals surface area contributed by atoms with E-state index in [1.54, 1.807) is 20.3 Å². The van der Waals surface area contributed by atoms with Crippen LogP contribution in [0.1, 0.15) is 11.8 Å². The SMILES string of the molecule is CNC(c1cc2cc(Cl)ccc2o1)C(OC)OC. The smallest absolute Gasteiger partial charge is 0.179 e. The fourth-order valence-electron chi connectivity index (χ4n) is 1.97. The first-order valence-electron chi connectivity index (χ1n) is 5.61. The molecule has 5 heteroatoms. The molecule has 1 atom stereocenters. The lowest BCUT2D eigenvalue weighted by Gasteiger charge is -2.22. The number of hydrogen-bond donors (Lipinski definition) is 1. The minimum atomic E-state index is -0.411. The van der Waals surface area contributed by atoms with Crippen molar-refractivity contribution >= 4 is 22.6 Å². The first kappa shape index (κ1) is 13.4. The standard InChI is InChI=1S/C13H16ClNO3/c1-15-12(13(16-2)17-3)11-7-8-6-9(14)4-5-10(8)18-11/h4-7,12-13,15H,1-3H3. The lowest BCUT2D eigenvalue weighted by molar-refractivity contribution is -0.126. The predicted octanol–water partition coefficient (Wildman–Crippen LogP) is 2.97. The van der Waals surface area contributed by atoms with Crippen molar-refractivity contribution in [2.45, 2.75) is 12.3 Å². The monoisotopic (exact) mass is 269 g/mol. The van der Waals surface area contributed by atoms with Crippen molar-refractivity contribution < 1.29 is 13.9 Å². The third-order valence-electron chi connectivity index (χ3n) is 2.85. The second kappa shape index (κ2) is 5.71. The van der Waals surface area contributed by atoms with Gasteiger partial charge in [0.1, 0.15) is 17.4 Å². The van der Waals surface area contributed by atoms with Gasteiger partial charge in [-0.15, -0.1) is 0 Å². The van der Waals surface area contributed by atoms with E-state index in [-0.39, 0.29) is 6.04 Å². The molecule has 18 heavy (non-hydrogen) atoms. The van der Waals surface area contributed by atoms with Crippen LogP contribution < -0.4 is 5.32 Å². The molecule has 0 aliphatic heterocycles. The van der Waals surface area contributed by atoms with Crippen LogP contribution in [0.5, 0.6) is 0 Å². The zero-order valence-electron chi connectivity index (χ0n) is 10.6. The summed E-state index contributed by atoms with van der Waals surface area (Å²) in [5.74, 6) is 0.753. The first-order valence-corrected chi connectivity index (χ1v) is 5.99. The summed E-state index contributed by atoms with van der Waals surface area (Å²) in [7, 11) is 5.02. The van der Waals surface area contributed by atoms with Crippen LogP contribution in [-0.2, 0) is 9.47 Å². The van der Waals surface area contributed by atoms with Crippen LogP contribution in [0.3, 0.4) is 0 Å². The van der Waals surface area contributed by atoms with Crippen LogP contribution in [0.15, 0.2) is 28.7 Å². The maximum atomic E-state index is 5.95. The van der Waals surface area contributed by atoms with E-state index in [9.17, 15) is 0 Å². The Labute approximate surface area is 111 Å². The third-order valence-corrected chi connectivity index (χ3v) is 3.09. The van der Waals surface area contributed by atoms with Crippen molar-refractivity contribution in [1.82, 2.24) is 5.32 Å². The Morgan fingerprint density at radius 1 is 1.22 bits per heavy atom. The van der Waals surface area contributed by atoms with E-state index in [1.165, 1.54) is 0 Å². The highest BCUT2D eigenvalue weighted by atomic mass is 35.5. The molecular formula is C13H16ClNO3. The van der Waals surface area contributed by atoms with Crippen LogP contribution in [0, 0.1) is 0 Å². The zero-order chi connectivity index (χ0) is 13.1. The number of likely N-dealkylation sites (N-methyl/N-ethyl adjacent to an activating group) is 1. The molecule has 4 nitrogen and oxygen atoms in total. The number of benzene rings is 1. The third kappa shape index (κ3) is 2.52. The average molecular weight is 270 g/mol. The topological polar surface area (TPSA) is 43.6 Å². The Kier molecular flexibility index (Phi) is 4.24. The fraction of sp³-hybridized carbons (Fsp3) is 0.385. The van der Waals surface area contributed by atoms with Gasteiger partial charge in [0.15, 0.2) is 6.29 Å². The summed E-state index contributed by atoms with van der Waals surface area (Å²) in [6.45, 7) is 0. The van der Waals surface area contributed by atoms with Gasteiger partial charge in [-0.2, -0.15) is 0 Å². The van der Waals surface area contributed by atoms with Gasteiger partial charge < -0.3 is 19.2 Å². The first-order chi connectivity index (χ1) is 8.69. The van der Waals surface area contributed by atoms with Gasteiger partial charge >= 0.3 is 0 Å². The van der Waals surface area contributed by atoms with Gasteiger partial charge in [0.05, 0.1) is 0 Å². The van der Waals surface area contributed by atoms with Crippen molar-refractivity contribution in [2.24, 2.45) is 0 Å². The minimum absolute atomic E-state index is 0.175. The van der Waals surface area contributed by atoms with Crippen molar-refractivity contribution in [3.8, 4) is 0 Å². The molecule has 1 aromatic carbocycles. The molecule has 0 saturated heterocycles. The van der Waals surface area contributed by atoms with E-state index < -0.39 is 6.29 Å². The van der Waals surface area contributed by atoms with E-state index in [2.05, 4.69) is 5.32 Å². The number of ether oxygens (including phenoxy) is 2. The van der Waals surface area contributed by atoms with E-state index in [4.69, 9.17) is 25.5 Å². The molecule has 2 rings (SSSR count). The molecule has 0 amide bonds. The predicted molar refractivity (Wildman–Crippen MR) is 70.8 cm³/mol. The minimum Gasteiger partial charge on any atom is -0.459 e. The van der Waals surface area contributed by atoms with Crippen molar-refractivity contribution in [2.75, 3.05) is 21.3 Å². The molecule has 1 N–H and O–H groups in total. The number of methoxy groups -OCH3 is 2. The summed E-state index contributed by atoms with van der Waals surface area (Å²) in [6, 6.07) is 7.28. The Morgan fingerprint density at radius 3 is 2.56 bits per heavy atom. The van der Waals surface area contributed by atoms with Crippen molar-refractivity contribution in [3.63, 3.8) is 0 Å². The van der Waals surface area contributed by atoms with Gasteiger partial charge in [-0.3, -0.25) is 0 Å². The van der Waals surface area contributed by atoms with Crippen LogP contribution in [0.4, 0.5) is 0 Å². The van der Waals surface area contributed by atoms with E-state index >= 15 is 0 Å². The second-order valence-electron chi connectivity index (χ2n) is 3.94. The van der Waals surface area contributed by atoms with Crippen molar-refractivity contribution in [3.05, 3.63) is 35.0 Å². The Morgan fingerprint density at radius 2 is 1.94 bits per heavy atom. The zero-order valence-corrected chi connectivity index (χ0v) is 11.3. The Balaban J connectivity index is 2.39. The largest absolute Gasteiger partial charge is 0.459 e. The Bertz CT molecular complexity index is 522. The number of furan rings is 1. The van der Waals surface area contributed by atoms with Crippen LogP contribution in [-0.4, -0.2) is 27.6 Å². The number of nitrogens with one attached hydrogen (secondary N) is 1. The quantitative estimate of drug-likeness (QED) is 0.848. The van der Waals surface area contributed by atoms with E-state index in [0.29, 0.717) is 5.02 Å². The molecule has 0 spiro atoms. The van der Waals surface area contributed by atoms with Gasteiger partial charge in [0.25, 0.3) is 0 Å². The lowest BCUT2D eigenvalue weighted by Crippen LogP contribution is -2.32. The van der Waals surface area contributed by atoms with Crippen LogP contribution in [0.2, 0.25) is 5.02 Å². The van der Waals surface area contributed by atoms with Gasteiger partial charge in [0.2, 0.25) is 0 Å². The van der Waals surface area contributed by atoms with Gasteiger partial charge in [-0.05, 0) is 31.3 Å². The molecule has 0 saturated carbocycles. The van der Waals surface area contributed by atoms with E-state index in [0.717, 1.165) is 16.7 Å². The average Bonchev–Trinajstić information content (AvgIpc) is 2.78. The molecule has 1 unspecified atom stereocenters. The molecular weight excluding hydrogens is 254 g/mol. The number of halogens is 1. The highest BCUT2D eigenvalue weighted by Gasteiger charge is 2.24. The molecule has 2 aromatic rings. The highest BCUT2D eigenvalue weighted by molar-refractivity contribution is 6.31. The number of hydrogen-bond acceptors (Lipinski definition) is 4. The molecule has 0 bridgehead atoms. The lowest BCUT2D eigenvalue weighted by atomic mass is 10.2. The van der Waals surface area contributed by atoms with Gasteiger partial charge in [0, 0.05) is 24.6 Å². The summed E-state index contributed by atoms with van der Waals surface area (Å²) in [4.78, 5) is 0. The number of fused-ring (bicyclic) bond motifs is 1. The maximum absolute atomic E-state index is 5.95. The normalized spacial score (nSPS) is 13.4. The molecule has 1 aromatic heterocycles. The molecule has 0 aliphatic rings. The Hall–Kier alpha value is -1.07. The molecule has 0 aliphatic carbocycles. The molecule has 0 radical (unpaired) electrons. The van der Waals surface area contributed by atoms with Crippen LogP contribution >= 0.6 is 11.6 Å². The van der Waals surface area contributed by atoms with E-state index in [1.807, 2.05) is 25.2 Å². The second-order valence-corrected chi connectivity index (χ2v) is 4.37. The summed E-state index contributed by atoms with van der Waals surface area (Å²) in [5, 5.41) is 4.77. The molecule has 98 valence electrons. The summed E-state index contributed by atoms with van der Waals surface area (Å²) < 4.78 is 16.3. The maximum Gasteiger partial charge on any atom is 0.179 e. The summed E-state index contributed by atoms with van der Waals surface area (Å²) in [5.41, 5.74) is 0.792.